The van der Waals surface area contributed by atoms with Crippen molar-refractivity contribution in [3.63, 3.8) is 0 Å². The lowest BCUT2D eigenvalue weighted by molar-refractivity contribution is -0.360. The Morgan fingerprint density at radius 1 is 0.926 bits per heavy atom. The third-order valence-corrected chi connectivity index (χ3v) is 3.43. The highest BCUT2D eigenvalue weighted by atomic mass is 19.4. The average Bonchev–Trinajstić information content (AvgIpc) is 3.11. The van der Waals surface area contributed by atoms with Crippen LogP contribution in [0, 0.1) is 0 Å². The van der Waals surface area contributed by atoms with Gasteiger partial charge >= 0.3 is 12.3 Å². The van der Waals surface area contributed by atoms with Crippen LogP contribution in [0.5, 0.6) is 5.75 Å². The molecule has 5 nitrogen and oxygen atoms in total. The van der Waals surface area contributed by atoms with Gasteiger partial charge in [0.25, 0.3) is 0 Å². The highest BCUT2D eigenvalue weighted by molar-refractivity contribution is 5.76. The zero-order valence-corrected chi connectivity index (χ0v) is 13.2. The lowest BCUT2D eigenvalue weighted by Gasteiger charge is -2.20. The van der Waals surface area contributed by atoms with Gasteiger partial charge in [-0.25, -0.2) is 9.67 Å². The van der Waals surface area contributed by atoms with Crippen molar-refractivity contribution in [3.05, 3.63) is 60.4 Å². The number of rotatable bonds is 5. The van der Waals surface area contributed by atoms with Crippen LogP contribution in [0.25, 0.3) is 17.1 Å². The Bertz CT molecular complexity index is 934. The van der Waals surface area contributed by atoms with Gasteiger partial charge in [-0.2, -0.15) is 22.0 Å². The van der Waals surface area contributed by atoms with Crippen LogP contribution in [0.1, 0.15) is 5.56 Å². The number of alkyl halides is 5. The maximum atomic E-state index is 12.9. The van der Waals surface area contributed by atoms with Gasteiger partial charge in [0.05, 0.1) is 5.69 Å². The molecule has 0 bridgehead atoms. The van der Waals surface area contributed by atoms with E-state index < -0.39 is 18.0 Å². The van der Waals surface area contributed by atoms with Gasteiger partial charge in [-0.15, -0.1) is 5.10 Å². The van der Waals surface area contributed by atoms with Crippen molar-refractivity contribution in [1.29, 1.82) is 0 Å². The molecule has 0 saturated carbocycles. The van der Waals surface area contributed by atoms with Gasteiger partial charge in [-0.1, -0.05) is 24.3 Å². The van der Waals surface area contributed by atoms with Crippen LogP contribution >= 0.6 is 0 Å². The van der Waals surface area contributed by atoms with Gasteiger partial charge in [-0.05, 0) is 24.3 Å². The van der Waals surface area contributed by atoms with E-state index in [-0.39, 0.29) is 0 Å². The molecule has 0 aliphatic carbocycles. The van der Waals surface area contributed by atoms with Crippen LogP contribution in [0.2, 0.25) is 0 Å². The van der Waals surface area contributed by atoms with Crippen molar-refractivity contribution in [2.45, 2.75) is 12.3 Å². The Morgan fingerprint density at radius 2 is 1.56 bits per heavy atom. The summed E-state index contributed by atoms with van der Waals surface area (Å²) >= 11 is 0. The molecular weight excluding hydrogens is 373 g/mol. The van der Waals surface area contributed by atoms with Crippen LogP contribution in [0.4, 0.5) is 22.0 Å². The Morgan fingerprint density at radius 3 is 2.11 bits per heavy atom. The van der Waals surface area contributed by atoms with E-state index in [9.17, 15) is 26.7 Å². The topological polar surface area (TPSA) is 57.0 Å². The van der Waals surface area contributed by atoms with E-state index >= 15 is 0 Å². The Labute approximate surface area is 149 Å². The number of ether oxygens (including phenoxy) is 1. The summed E-state index contributed by atoms with van der Waals surface area (Å²) in [5.74, 6) is -0.321. The molecule has 27 heavy (non-hydrogen) atoms. The molecule has 0 saturated heterocycles. The number of nitrogens with zero attached hydrogens (tertiary/aromatic N) is 3. The first-order valence-corrected chi connectivity index (χ1v) is 7.34. The predicted octanol–water partition coefficient (Wildman–Crippen LogP) is 3.93. The van der Waals surface area contributed by atoms with Gasteiger partial charge < -0.3 is 4.74 Å². The molecule has 3 aromatic rings. The van der Waals surface area contributed by atoms with E-state index in [0.29, 0.717) is 22.6 Å². The van der Waals surface area contributed by atoms with Crippen molar-refractivity contribution in [3.8, 4) is 22.8 Å². The van der Waals surface area contributed by atoms with E-state index in [0.717, 1.165) is 12.1 Å². The fourth-order valence-corrected chi connectivity index (χ4v) is 2.08. The summed E-state index contributed by atoms with van der Waals surface area (Å²) in [6.07, 6.45) is -8.03. The average molecular weight is 382 g/mol. The highest BCUT2D eigenvalue weighted by Crippen LogP contribution is 2.37. The maximum Gasteiger partial charge on any atom is 0.499 e. The predicted molar refractivity (Wildman–Crippen MR) is 83.2 cm³/mol. The van der Waals surface area contributed by atoms with Crippen molar-refractivity contribution in [1.82, 2.24) is 14.8 Å². The molecule has 0 aliphatic heterocycles. The number of aromatic nitrogens is 3. The Balaban J connectivity index is 1.78. The lowest BCUT2D eigenvalue weighted by atomic mass is 10.1. The molecule has 1 heterocycles. The molecule has 2 aromatic carbocycles. The van der Waals surface area contributed by atoms with Crippen molar-refractivity contribution in [2.24, 2.45) is 0 Å². The summed E-state index contributed by atoms with van der Waals surface area (Å²) in [7, 11) is 0. The van der Waals surface area contributed by atoms with Crippen molar-refractivity contribution in [2.75, 3.05) is 0 Å². The maximum absolute atomic E-state index is 12.9. The monoisotopic (exact) mass is 382 g/mol. The van der Waals surface area contributed by atoms with Crippen LogP contribution in [0.15, 0.2) is 54.9 Å². The van der Waals surface area contributed by atoms with Crippen LogP contribution < -0.4 is 4.74 Å². The van der Waals surface area contributed by atoms with E-state index in [1.165, 1.54) is 35.3 Å². The second-order valence-electron chi connectivity index (χ2n) is 5.30. The Hall–Kier alpha value is -3.30. The first-order valence-electron chi connectivity index (χ1n) is 7.34. The van der Waals surface area contributed by atoms with Gasteiger partial charge in [0.1, 0.15) is 12.1 Å². The molecular formula is C17H9F5N3O2. The minimum absolute atomic E-state index is 0.330. The summed E-state index contributed by atoms with van der Waals surface area (Å²) in [6, 6.07) is 10.8. The van der Waals surface area contributed by atoms with Crippen LogP contribution in [0.3, 0.4) is 0 Å². The zero-order valence-electron chi connectivity index (χ0n) is 13.2. The molecule has 0 spiro atoms. The largest absolute Gasteiger partial charge is 0.499 e. The molecule has 0 N–H and O–H groups in total. The van der Waals surface area contributed by atoms with Gasteiger partial charge in [0.15, 0.2) is 5.82 Å². The summed E-state index contributed by atoms with van der Waals surface area (Å²) in [4.78, 5) is 14.6. The first-order chi connectivity index (χ1) is 12.7. The first kappa shape index (κ1) is 18.5. The zero-order chi connectivity index (χ0) is 19.7. The third-order valence-electron chi connectivity index (χ3n) is 3.43. The molecule has 0 unspecified atom stereocenters. The highest BCUT2D eigenvalue weighted by Gasteiger charge is 2.61. The molecule has 0 aliphatic rings. The normalized spacial score (nSPS) is 12.0. The standard InChI is InChI=1S/C17H9F5N3O2/c18-16(19,20)17(21,22)27-14-7-5-13(6-8-14)25-10-23-15(24-25)12-3-1-11(9-26)2-4-12/h1-8,10H. The molecule has 0 fully saturated rings. The molecule has 3 rings (SSSR count). The van der Waals surface area contributed by atoms with Gasteiger partial charge in [-0.3, -0.25) is 4.79 Å². The quantitative estimate of drug-likeness (QED) is 0.628. The molecule has 10 heteroatoms. The fraction of sp³-hybridized carbons (Fsp3) is 0.118. The number of hydrogen-bond acceptors (Lipinski definition) is 4. The summed E-state index contributed by atoms with van der Waals surface area (Å²) < 4.78 is 67.3. The number of hydrogen-bond donors (Lipinski definition) is 0. The molecule has 1 aromatic heterocycles. The van der Waals surface area contributed by atoms with Gasteiger partial charge in [0.2, 0.25) is 6.29 Å². The number of carbonyl (C=O) groups excluding carboxylic acids is 1. The molecule has 0 atom stereocenters. The Kier molecular flexibility index (Phi) is 4.64. The smallest absolute Gasteiger partial charge is 0.426 e. The fourth-order valence-electron chi connectivity index (χ4n) is 2.08. The second-order valence-corrected chi connectivity index (χ2v) is 5.30. The molecule has 1 radical (unpaired) electrons. The van der Waals surface area contributed by atoms with Crippen LogP contribution in [-0.4, -0.2) is 33.3 Å². The van der Waals surface area contributed by atoms with Crippen molar-refractivity contribution >= 4 is 6.29 Å². The minimum Gasteiger partial charge on any atom is -0.426 e. The minimum atomic E-state index is -5.82. The van der Waals surface area contributed by atoms with E-state index in [2.05, 4.69) is 14.8 Å². The van der Waals surface area contributed by atoms with Crippen LogP contribution in [-0.2, 0) is 4.79 Å². The number of benzene rings is 2. The van der Waals surface area contributed by atoms with E-state index in [1.54, 1.807) is 18.4 Å². The summed E-state index contributed by atoms with van der Waals surface area (Å²) in [5.41, 5.74) is 1.36. The summed E-state index contributed by atoms with van der Waals surface area (Å²) in [5, 5.41) is 4.19. The second kappa shape index (κ2) is 6.78. The number of halogens is 5. The van der Waals surface area contributed by atoms with E-state index in [4.69, 9.17) is 0 Å². The SMILES string of the molecule is O=[C]c1ccc(-c2ncn(-c3ccc(OC(F)(F)C(F)(F)F)cc3)n2)cc1. The summed E-state index contributed by atoms with van der Waals surface area (Å²) in [6.45, 7) is 0. The van der Waals surface area contributed by atoms with Crippen molar-refractivity contribution < 1.29 is 31.5 Å². The lowest BCUT2D eigenvalue weighted by Crippen LogP contribution is -2.41. The third kappa shape index (κ3) is 3.94. The molecule has 0 amide bonds. The van der Waals surface area contributed by atoms with Gasteiger partial charge in [0, 0.05) is 11.1 Å². The van der Waals surface area contributed by atoms with E-state index in [1.807, 2.05) is 0 Å². The molecule has 139 valence electrons.